The van der Waals surface area contributed by atoms with Crippen LogP contribution in [0.4, 0.5) is 0 Å². The van der Waals surface area contributed by atoms with Gasteiger partial charge in [0.25, 0.3) is 0 Å². The van der Waals surface area contributed by atoms with Crippen LogP contribution in [0.15, 0.2) is 18.2 Å². The molecule has 0 aliphatic heterocycles. The molecule has 0 fully saturated rings. The zero-order valence-corrected chi connectivity index (χ0v) is 9.48. The molecule has 3 N–H and O–H groups in total. The van der Waals surface area contributed by atoms with Crippen LogP contribution in [0.3, 0.4) is 0 Å². The van der Waals surface area contributed by atoms with E-state index in [1.54, 1.807) is 18.2 Å². The predicted octanol–water partition coefficient (Wildman–Crippen LogP) is 0.962. The molecule has 88 valence electrons. The summed E-state index contributed by atoms with van der Waals surface area (Å²) in [5.41, 5.74) is 4.65. The largest absolute Gasteiger partial charge is 0.497 e. The maximum absolute atomic E-state index is 11.0. The van der Waals surface area contributed by atoms with Crippen LogP contribution in [-0.4, -0.2) is 25.3 Å². The smallest absolute Gasteiger partial charge is 0.328 e. The Labute approximate surface area is 93.8 Å². The zero-order valence-electron chi connectivity index (χ0n) is 9.48. The maximum Gasteiger partial charge on any atom is 0.328 e. The Morgan fingerprint density at radius 2 is 2.00 bits per heavy atom. The fraction of sp³-hybridized carbons (Fsp3) is 0.364. The highest BCUT2D eigenvalue weighted by molar-refractivity contribution is 5.81. The van der Waals surface area contributed by atoms with E-state index < -0.39 is 11.5 Å². The summed E-state index contributed by atoms with van der Waals surface area (Å²) in [4.78, 5) is 11.0. The van der Waals surface area contributed by atoms with Gasteiger partial charge in [-0.2, -0.15) is 0 Å². The van der Waals surface area contributed by atoms with Crippen molar-refractivity contribution in [1.82, 2.24) is 0 Å². The molecule has 0 bridgehead atoms. The molecule has 0 aliphatic carbocycles. The van der Waals surface area contributed by atoms with Crippen molar-refractivity contribution in [1.29, 1.82) is 0 Å². The summed E-state index contributed by atoms with van der Waals surface area (Å²) in [6.45, 7) is 1.42. The van der Waals surface area contributed by atoms with Gasteiger partial charge in [0.1, 0.15) is 17.0 Å². The minimum Gasteiger partial charge on any atom is -0.497 e. The van der Waals surface area contributed by atoms with Crippen LogP contribution in [0.25, 0.3) is 0 Å². The van der Waals surface area contributed by atoms with Crippen LogP contribution in [0.1, 0.15) is 12.5 Å². The third-order valence-corrected chi connectivity index (χ3v) is 2.41. The number of carboxylic acids is 1. The second kappa shape index (κ2) is 4.40. The minimum absolute atomic E-state index is 0.395. The highest BCUT2D eigenvalue weighted by Gasteiger charge is 2.33. The Balaban J connectivity index is 3.28. The Bertz CT molecular complexity index is 401. The van der Waals surface area contributed by atoms with Crippen molar-refractivity contribution in [3.63, 3.8) is 0 Å². The van der Waals surface area contributed by atoms with E-state index in [-0.39, 0.29) is 0 Å². The fourth-order valence-corrected chi connectivity index (χ4v) is 1.34. The molecule has 5 nitrogen and oxygen atoms in total. The predicted molar refractivity (Wildman–Crippen MR) is 58.7 cm³/mol. The molecule has 1 unspecified atom stereocenters. The molecular weight excluding hydrogens is 210 g/mol. The van der Waals surface area contributed by atoms with E-state index in [0.29, 0.717) is 17.1 Å². The van der Waals surface area contributed by atoms with E-state index in [4.69, 9.17) is 20.3 Å². The van der Waals surface area contributed by atoms with Crippen molar-refractivity contribution >= 4 is 5.97 Å². The van der Waals surface area contributed by atoms with Crippen molar-refractivity contribution in [3.05, 3.63) is 23.8 Å². The van der Waals surface area contributed by atoms with Gasteiger partial charge in [-0.1, -0.05) is 0 Å². The molecule has 1 atom stereocenters. The summed E-state index contributed by atoms with van der Waals surface area (Å²) in [5, 5.41) is 9.03. The summed E-state index contributed by atoms with van der Waals surface area (Å²) >= 11 is 0. The van der Waals surface area contributed by atoms with E-state index in [1.807, 2.05) is 0 Å². The van der Waals surface area contributed by atoms with Gasteiger partial charge in [-0.3, -0.25) is 0 Å². The number of aliphatic carboxylic acids is 1. The monoisotopic (exact) mass is 225 g/mol. The lowest BCUT2D eigenvalue weighted by molar-refractivity contribution is -0.143. The SMILES string of the molecule is COc1ccc(C(C)(N)C(=O)O)c(OC)c1. The van der Waals surface area contributed by atoms with E-state index >= 15 is 0 Å². The second-order valence-corrected chi connectivity index (χ2v) is 3.57. The molecule has 1 aromatic carbocycles. The first-order valence-corrected chi connectivity index (χ1v) is 4.68. The lowest BCUT2D eigenvalue weighted by Crippen LogP contribution is -2.41. The van der Waals surface area contributed by atoms with Gasteiger partial charge in [-0.15, -0.1) is 0 Å². The lowest BCUT2D eigenvalue weighted by Gasteiger charge is -2.22. The molecule has 0 aromatic heterocycles. The summed E-state index contributed by atoms with van der Waals surface area (Å²) in [5.74, 6) is -0.135. The van der Waals surface area contributed by atoms with Crippen LogP contribution < -0.4 is 15.2 Å². The average Bonchev–Trinajstić information content (AvgIpc) is 2.27. The molecule has 0 spiro atoms. The Morgan fingerprint density at radius 1 is 1.38 bits per heavy atom. The van der Waals surface area contributed by atoms with Gasteiger partial charge in [0.15, 0.2) is 0 Å². The highest BCUT2D eigenvalue weighted by atomic mass is 16.5. The molecule has 16 heavy (non-hydrogen) atoms. The van der Waals surface area contributed by atoms with Crippen molar-refractivity contribution in [2.75, 3.05) is 14.2 Å². The summed E-state index contributed by atoms with van der Waals surface area (Å²) in [6.07, 6.45) is 0. The first kappa shape index (κ1) is 12.3. The number of nitrogens with two attached hydrogens (primary N) is 1. The van der Waals surface area contributed by atoms with Gasteiger partial charge in [0.2, 0.25) is 0 Å². The van der Waals surface area contributed by atoms with Gasteiger partial charge < -0.3 is 20.3 Å². The second-order valence-electron chi connectivity index (χ2n) is 3.57. The van der Waals surface area contributed by atoms with Crippen LogP contribution in [0.5, 0.6) is 11.5 Å². The van der Waals surface area contributed by atoms with Crippen molar-refractivity contribution in [3.8, 4) is 11.5 Å². The van der Waals surface area contributed by atoms with Crippen molar-refractivity contribution < 1.29 is 19.4 Å². The van der Waals surface area contributed by atoms with Gasteiger partial charge in [-0.05, 0) is 19.1 Å². The standard InChI is InChI=1S/C11H15NO4/c1-11(12,10(13)14)8-5-4-7(15-2)6-9(8)16-3/h4-6H,12H2,1-3H3,(H,13,14). The molecular formula is C11H15NO4. The third kappa shape index (κ3) is 2.09. The Hall–Kier alpha value is -1.75. The normalized spacial score (nSPS) is 14.0. The number of methoxy groups -OCH3 is 2. The van der Waals surface area contributed by atoms with E-state index in [9.17, 15) is 4.79 Å². The molecule has 0 aliphatic rings. The molecule has 0 saturated carbocycles. The van der Waals surface area contributed by atoms with Crippen LogP contribution in [0, 0.1) is 0 Å². The molecule has 5 heteroatoms. The van der Waals surface area contributed by atoms with E-state index in [2.05, 4.69) is 0 Å². The quantitative estimate of drug-likeness (QED) is 0.797. The molecule has 0 saturated heterocycles. The lowest BCUT2D eigenvalue weighted by atomic mass is 9.92. The van der Waals surface area contributed by atoms with Gasteiger partial charge in [-0.25, -0.2) is 4.79 Å². The Kier molecular flexibility index (Phi) is 3.39. The average molecular weight is 225 g/mol. The number of carbonyl (C=O) groups is 1. The summed E-state index contributed by atoms with van der Waals surface area (Å²) in [7, 11) is 2.98. The zero-order chi connectivity index (χ0) is 12.3. The number of ether oxygens (including phenoxy) is 2. The molecule has 1 aromatic rings. The number of carboxylic acid groups (broad SMARTS) is 1. The van der Waals surface area contributed by atoms with Gasteiger partial charge in [0.05, 0.1) is 14.2 Å². The summed E-state index contributed by atoms with van der Waals surface area (Å²) < 4.78 is 10.1. The highest BCUT2D eigenvalue weighted by Crippen LogP contribution is 2.31. The van der Waals surface area contributed by atoms with Crippen LogP contribution >= 0.6 is 0 Å². The van der Waals surface area contributed by atoms with Crippen LogP contribution in [-0.2, 0) is 10.3 Å². The molecule has 0 radical (unpaired) electrons. The first-order chi connectivity index (χ1) is 7.43. The maximum atomic E-state index is 11.0. The Morgan fingerprint density at radius 3 is 2.44 bits per heavy atom. The third-order valence-electron chi connectivity index (χ3n) is 2.41. The number of benzene rings is 1. The topological polar surface area (TPSA) is 81.8 Å². The number of hydrogen-bond donors (Lipinski definition) is 2. The van der Waals surface area contributed by atoms with Crippen molar-refractivity contribution in [2.45, 2.75) is 12.5 Å². The molecule has 1 rings (SSSR count). The fourth-order valence-electron chi connectivity index (χ4n) is 1.34. The van der Waals surface area contributed by atoms with E-state index in [1.165, 1.54) is 21.1 Å². The van der Waals surface area contributed by atoms with Gasteiger partial charge >= 0.3 is 5.97 Å². The number of rotatable bonds is 4. The minimum atomic E-state index is -1.49. The van der Waals surface area contributed by atoms with E-state index in [0.717, 1.165) is 0 Å². The molecule has 0 heterocycles. The van der Waals surface area contributed by atoms with Gasteiger partial charge in [0, 0.05) is 11.6 Å². The van der Waals surface area contributed by atoms with Crippen LogP contribution in [0.2, 0.25) is 0 Å². The number of hydrogen-bond acceptors (Lipinski definition) is 4. The molecule has 0 amide bonds. The first-order valence-electron chi connectivity index (χ1n) is 4.68. The summed E-state index contributed by atoms with van der Waals surface area (Å²) in [6, 6.07) is 4.83. The van der Waals surface area contributed by atoms with Crippen molar-refractivity contribution in [2.24, 2.45) is 5.73 Å².